The standard InChI is InChI=1S/C22H30ClFN2O2/c1-22(24,15-28-2)14-26-13-18(21-17(23)10-7-11-19(21)26)25-20(27)12-16-8-5-3-4-6-9-16/h7,10-11,13,16H,3-6,8-9,12,14-15H2,1-2H3,(H,25,27). The van der Waals surface area contributed by atoms with Gasteiger partial charge >= 0.3 is 0 Å². The lowest BCUT2D eigenvalue weighted by molar-refractivity contribution is -0.117. The number of rotatable bonds is 7. The average Bonchev–Trinajstić information content (AvgIpc) is 2.79. The maximum absolute atomic E-state index is 14.8. The summed E-state index contributed by atoms with van der Waals surface area (Å²) >= 11 is 6.42. The highest BCUT2D eigenvalue weighted by molar-refractivity contribution is 6.36. The number of carbonyl (C=O) groups excluding carboxylic acids is 1. The van der Waals surface area contributed by atoms with Crippen LogP contribution in [-0.4, -0.2) is 29.9 Å². The van der Waals surface area contributed by atoms with Crippen molar-refractivity contribution in [2.75, 3.05) is 19.0 Å². The van der Waals surface area contributed by atoms with Crippen LogP contribution >= 0.6 is 11.6 Å². The maximum atomic E-state index is 14.8. The summed E-state index contributed by atoms with van der Waals surface area (Å²) in [4.78, 5) is 12.7. The zero-order chi connectivity index (χ0) is 20.1. The molecule has 1 atom stereocenters. The Morgan fingerprint density at radius 1 is 1.32 bits per heavy atom. The summed E-state index contributed by atoms with van der Waals surface area (Å²) in [5, 5.41) is 4.34. The number of aromatic nitrogens is 1. The van der Waals surface area contributed by atoms with Gasteiger partial charge in [-0.3, -0.25) is 4.79 Å². The Morgan fingerprint density at radius 3 is 2.71 bits per heavy atom. The fourth-order valence-electron chi connectivity index (χ4n) is 4.27. The Hall–Kier alpha value is -1.59. The van der Waals surface area contributed by atoms with Gasteiger partial charge < -0.3 is 14.6 Å². The van der Waals surface area contributed by atoms with Crippen LogP contribution in [0.3, 0.4) is 0 Å². The van der Waals surface area contributed by atoms with Gasteiger partial charge in [0.1, 0.15) is 5.67 Å². The molecular weight excluding hydrogens is 379 g/mol. The van der Waals surface area contributed by atoms with Crippen LogP contribution in [0, 0.1) is 5.92 Å². The molecule has 28 heavy (non-hydrogen) atoms. The molecule has 0 spiro atoms. The first kappa shape index (κ1) is 21.1. The number of hydrogen-bond donors (Lipinski definition) is 1. The van der Waals surface area contributed by atoms with Crippen LogP contribution in [-0.2, 0) is 16.1 Å². The first-order valence-electron chi connectivity index (χ1n) is 10.1. The average molecular weight is 409 g/mol. The number of halogens is 2. The molecule has 1 unspecified atom stereocenters. The minimum absolute atomic E-state index is 0.00336. The lowest BCUT2D eigenvalue weighted by Crippen LogP contribution is -2.30. The number of alkyl halides is 1. The molecule has 1 fully saturated rings. The smallest absolute Gasteiger partial charge is 0.224 e. The number of methoxy groups -OCH3 is 1. The first-order chi connectivity index (χ1) is 13.4. The van der Waals surface area contributed by atoms with Gasteiger partial charge in [-0.2, -0.15) is 0 Å². The SMILES string of the molecule is COCC(C)(F)Cn1cc(NC(=O)CC2CCCCCC2)c2c(Cl)cccc21. The van der Waals surface area contributed by atoms with Gasteiger partial charge in [0.05, 0.1) is 29.4 Å². The molecule has 1 aliphatic rings. The van der Waals surface area contributed by atoms with Gasteiger partial charge in [0.2, 0.25) is 5.91 Å². The number of hydrogen-bond acceptors (Lipinski definition) is 2. The van der Waals surface area contributed by atoms with Crippen molar-refractivity contribution < 1.29 is 13.9 Å². The molecule has 1 saturated carbocycles. The highest BCUT2D eigenvalue weighted by Gasteiger charge is 2.26. The van der Waals surface area contributed by atoms with E-state index >= 15 is 0 Å². The summed E-state index contributed by atoms with van der Waals surface area (Å²) in [6.45, 7) is 1.63. The van der Waals surface area contributed by atoms with Gasteiger partial charge in [-0.15, -0.1) is 0 Å². The fourth-order valence-corrected chi connectivity index (χ4v) is 4.54. The number of amides is 1. The predicted octanol–water partition coefficient (Wildman–Crippen LogP) is 5.97. The second-order valence-corrected chi connectivity index (χ2v) is 8.67. The van der Waals surface area contributed by atoms with Crippen LogP contribution in [0.2, 0.25) is 5.02 Å². The molecule has 6 heteroatoms. The van der Waals surface area contributed by atoms with Crippen LogP contribution in [0.15, 0.2) is 24.4 Å². The largest absolute Gasteiger partial charge is 0.381 e. The van der Waals surface area contributed by atoms with Crippen molar-refractivity contribution in [3.05, 3.63) is 29.4 Å². The van der Waals surface area contributed by atoms with Crippen LogP contribution in [0.25, 0.3) is 10.9 Å². The Morgan fingerprint density at radius 2 is 2.04 bits per heavy atom. The number of carbonyl (C=O) groups is 1. The lowest BCUT2D eigenvalue weighted by Gasteiger charge is -2.20. The normalized spacial score (nSPS) is 18.0. The van der Waals surface area contributed by atoms with Crippen LogP contribution in [0.1, 0.15) is 51.9 Å². The molecule has 0 aliphatic heterocycles. The third kappa shape index (κ3) is 5.26. The van der Waals surface area contributed by atoms with E-state index in [0.29, 0.717) is 23.0 Å². The molecule has 0 saturated heterocycles. The quantitative estimate of drug-likeness (QED) is 0.573. The third-order valence-electron chi connectivity index (χ3n) is 5.52. The molecule has 1 aromatic heterocycles. The summed E-state index contributed by atoms with van der Waals surface area (Å²) in [5.74, 6) is 0.452. The second kappa shape index (κ2) is 9.27. The van der Waals surface area contributed by atoms with Crippen LogP contribution < -0.4 is 5.32 Å². The molecule has 0 bridgehead atoms. The van der Waals surface area contributed by atoms with Gasteiger partial charge in [0.15, 0.2) is 0 Å². The topological polar surface area (TPSA) is 43.3 Å². The minimum atomic E-state index is -1.52. The summed E-state index contributed by atoms with van der Waals surface area (Å²) in [6, 6.07) is 5.52. The maximum Gasteiger partial charge on any atom is 0.224 e. The molecule has 1 aliphatic carbocycles. The Balaban J connectivity index is 1.81. The van der Waals surface area contributed by atoms with Gasteiger partial charge in [-0.1, -0.05) is 43.4 Å². The van der Waals surface area contributed by atoms with Gasteiger partial charge in [-0.25, -0.2) is 4.39 Å². The minimum Gasteiger partial charge on any atom is -0.381 e. The molecule has 1 amide bonds. The van der Waals surface area contributed by atoms with Crippen molar-refractivity contribution in [3.63, 3.8) is 0 Å². The zero-order valence-electron chi connectivity index (χ0n) is 16.8. The molecule has 1 N–H and O–H groups in total. The molecule has 4 nitrogen and oxygen atoms in total. The summed E-state index contributed by atoms with van der Waals surface area (Å²) in [7, 11) is 1.49. The summed E-state index contributed by atoms with van der Waals surface area (Å²) in [5.41, 5.74) is -0.0744. The van der Waals surface area contributed by atoms with Crippen molar-refractivity contribution in [3.8, 4) is 0 Å². The van der Waals surface area contributed by atoms with E-state index in [9.17, 15) is 9.18 Å². The predicted molar refractivity (Wildman–Crippen MR) is 113 cm³/mol. The monoisotopic (exact) mass is 408 g/mol. The number of ether oxygens (including phenoxy) is 1. The van der Waals surface area contributed by atoms with E-state index in [4.69, 9.17) is 16.3 Å². The molecule has 154 valence electrons. The van der Waals surface area contributed by atoms with E-state index in [1.54, 1.807) is 12.3 Å². The molecule has 0 radical (unpaired) electrons. The number of benzene rings is 1. The van der Waals surface area contributed by atoms with E-state index in [0.717, 1.165) is 23.7 Å². The second-order valence-electron chi connectivity index (χ2n) is 8.26. The van der Waals surface area contributed by atoms with Crippen molar-refractivity contribution in [1.29, 1.82) is 0 Å². The highest BCUT2D eigenvalue weighted by Crippen LogP contribution is 2.34. The third-order valence-corrected chi connectivity index (χ3v) is 5.84. The van der Waals surface area contributed by atoms with Crippen molar-refractivity contribution in [1.82, 2.24) is 4.57 Å². The first-order valence-corrected chi connectivity index (χ1v) is 10.5. The van der Waals surface area contributed by atoms with Crippen molar-refractivity contribution in [2.45, 2.75) is 64.1 Å². The van der Waals surface area contributed by atoms with Gasteiger partial charge in [0, 0.05) is 25.1 Å². The van der Waals surface area contributed by atoms with Crippen molar-refractivity contribution >= 4 is 34.1 Å². The summed E-state index contributed by atoms with van der Waals surface area (Å²) in [6.07, 6.45) is 9.50. The van der Waals surface area contributed by atoms with Gasteiger partial charge in [-0.05, 0) is 37.8 Å². The van der Waals surface area contributed by atoms with Crippen LogP contribution in [0.4, 0.5) is 10.1 Å². The molecule has 3 rings (SSSR count). The number of anilines is 1. The van der Waals surface area contributed by atoms with E-state index in [1.165, 1.54) is 39.7 Å². The Kier molecular flexibility index (Phi) is 7.00. The molecule has 2 aromatic rings. The lowest BCUT2D eigenvalue weighted by atomic mass is 9.96. The van der Waals surface area contributed by atoms with E-state index in [2.05, 4.69) is 5.32 Å². The van der Waals surface area contributed by atoms with Crippen LogP contribution in [0.5, 0.6) is 0 Å². The van der Waals surface area contributed by atoms with Crippen molar-refractivity contribution in [2.24, 2.45) is 5.92 Å². The van der Waals surface area contributed by atoms with Gasteiger partial charge in [0.25, 0.3) is 0 Å². The number of fused-ring (bicyclic) bond motifs is 1. The number of nitrogens with one attached hydrogen (secondary N) is 1. The summed E-state index contributed by atoms with van der Waals surface area (Å²) < 4.78 is 21.6. The van der Waals surface area contributed by atoms with E-state index < -0.39 is 5.67 Å². The Bertz CT molecular complexity index is 810. The highest BCUT2D eigenvalue weighted by atomic mass is 35.5. The Labute approximate surface area is 171 Å². The number of nitrogens with zero attached hydrogens (tertiary/aromatic N) is 1. The fraction of sp³-hybridized carbons (Fsp3) is 0.591. The van der Waals surface area contributed by atoms with E-state index in [-0.39, 0.29) is 19.1 Å². The van der Waals surface area contributed by atoms with E-state index in [1.807, 2.05) is 16.7 Å². The molecular formula is C22H30ClFN2O2. The zero-order valence-corrected chi connectivity index (χ0v) is 17.5. The molecule has 1 heterocycles. The molecule has 1 aromatic carbocycles.